The summed E-state index contributed by atoms with van der Waals surface area (Å²) in [6.07, 6.45) is 1.55. The lowest BCUT2D eigenvalue weighted by Gasteiger charge is -2.12. The van der Waals surface area contributed by atoms with Crippen molar-refractivity contribution in [3.63, 3.8) is 0 Å². The summed E-state index contributed by atoms with van der Waals surface area (Å²) in [5.74, 6) is 0.225. The van der Waals surface area contributed by atoms with Gasteiger partial charge in [0.15, 0.2) is 0 Å². The maximum atomic E-state index is 12.2. The molecule has 3 aromatic carbocycles. The lowest BCUT2D eigenvalue weighted by molar-refractivity contribution is -0.133. The van der Waals surface area contributed by atoms with E-state index in [2.05, 4.69) is 4.98 Å². The summed E-state index contributed by atoms with van der Waals surface area (Å²) in [5.41, 5.74) is 7.14. The molecule has 0 radical (unpaired) electrons. The predicted octanol–water partition coefficient (Wildman–Crippen LogP) is 4.42. The Morgan fingerprint density at radius 3 is 2.45 bits per heavy atom. The first-order valence-corrected chi connectivity index (χ1v) is 10.4. The summed E-state index contributed by atoms with van der Waals surface area (Å²) in [6.45, 7) is -0.343. The number of carbonyl (C=O) groups is 2. The number of halogens is 1. The number of ether oxygens (including phenoxy) is 2. The van der Waals surface area contributed by atoms with Crippen molar-refractivity contribution in [2.24, 2.45) is 5.73 Å². The van der Waals surface area contributed by atoms with Crippen LogP contribution in [-0.4, -0.2) is 22.0 Å². The topological polar surface area (TPSA) is 112 Å². The number of hydrogen-bond donors (Lipinski definition) is 2. The average Bonchev–Trinajstić information content (AvgIpc) is 2.80. The highest BCUT2D eigenvalue weighted by molar-refractivity contribution is 6.31. The van der Waals surface area contributed by atoms with Gasteiger partial charge in [-0.2, -0.15) is 0 Å². The Balaban J connectivity index is 1.56. The van der Waals surface area contributed by atoms with E-state index < -0.39 is 11.9 Å². The van der Waals surface area contributed by atoms with Crippen molar-refractivity contribution >= 4 is 34.4 Å². The summed E-state index contributed by atoms with van der Waals surface area (Å²) >= 11 is 6.38. The van der Waals surface area contributed by atoms with Gasteiger partial charge in [-0.1, -0.05) is 35.9 Å². The second kappa shape index (κ2) is 9.68. The molecule has 7 nitrogen and oxygen atoms in total. The van der Waals surface area contributed by atoms with Crippen LogP contribution in [0, 0.1) is 0 Å². The van der Waals surface area contributed by atoms with Crippen LogP contribution < -0.4 is 15.2 Å². The van der Waals surface area contributed by atoms with Crippen molar-refractivity contribution in [3.8, 4) is 17.2 Å². The van der Waals surface area contributed by atoms with E-state index >= 15 is 0 Å². The van der Waals surface area contributed by atoms with Crippen LogP contribution >= 0.6 is 11.6 Å². The number of pyridine rings is 1. The number of aromatic nitrogens is 1. The van der Waals surface area contributed by atoms with E-state index in [1.54, 1.807) is 66.9 Å². The molecule has 0 spiro atoms. The van der Waals surface area contributed by atoms with Gasteiger partial charge in [0.1, 0.15) is 17.2 Å². The largest absolute Gasteiger partial charge is 0.457 e. The summed E-state index contributed by atoms with van der Waals surface area (Å²) < 4.78 is 11.3. The van der Waals surface area contributed by atoms with E-state index in [0.717, 1.165) is 0 Å². The molecule has 4 aromatic rings. The molecule has 166 valence electrons. The molecule has 33 heavy (non-hydrogen) atoms. The molecule has 1 heterocycles. The van der Waals surface area contributed by atoms with Crippen LogP contribution in [-0.2, 0) is 17.8 Å². The number of para-hydroxylation sites is 1. The Bertz CT molecular complexity index is 1340. The zero-order valence-corrected chi connectivity index (χ0v) is 18.1. The molecule has 3 N–H and O–H groups in total. The van der Waals surface area contributed by atoms with Gasteiger partial charge in [-0.3, -0.25) is 14.6 Å². The van der Waals surface area contributed by atoms with E-state index in [1.165, 1.54) is 0 Å². The third kappa shape index (κ3) is 5.11. The minimum Gasteiger partial charge on any atom is -0.457 e. The van der Waals surface area contributed by atoms with Crippen molar-refractivity contribution < 1.29 is 24.2 Å². The van der Waals surface area contributed by atoms with E-state index in [0.29, 0.717) is 44.3 Å². The average molecular weight is 463 g/mol. The number of carbonyl (C=O) groups excluding carboxylic acids is 2. The maximum absolute atomic E-state index is 12.2. The number of aliphatic hydroxyl groups is 1. The summed E-state index contributed by atoms with van der Waals surface area (Å²) in [4.78, 5) is 28.3. The molecule has 0 aliphatic carbocycles. The molecule has 0 atom stereocenters. The number of nitrogens with zero attached hydrogens (tertiary/aromatic N) is 1. The number of amides is 1. The normalized spacial score (nSPS) is 10.7. The Hall–Kier alpha value is -3.94. The van der Waals surface area contributed by atoms with Crippen LogP contribution in [0.15, 0.2) is 72.9 Å². The molecule has 1 aromatic heterocycles. The number of primary amides is 1. The number of fused-ring (bicyclic) bond motifs is 1. The fraction of sp³-hybridized carbons (Fsp3) is 0.0800. The standard InChI is InChI=1S/C25H19ClN2O5/c26-21-12-18(7-6-15(21)11-24(30)33-17-4-2-1-3-5-17)32-23-8-9-28-22-10-16(14-29)19(25(27)31)13-20(22)23/h1-10,12-13,29H,11,14H2,(H2,27,31). The number of hydrogen-bond acceptors (Lipinski definition) is 6. The molecule has 0 aliphatic heterocycles. The monoisotopic (exact) mass is 462 g/mol. The number of benzene rings is 3. The van der Waals surface area contributed by atoms with Gasteiger partial charge in [-0.15, -0.1) is 0 Å². The molecule has 0 saturated heterocycles. The second-order valence-electron chi connectivity index (χ2n) is 7.18. The molecule has 4 rings (SSSR count). The second-order valence-corrected chi connectivity index (χ2v) is 7.58. The first kappa shape index (κ1) is 22.3. The first-order valence-electron chi connectivity index (χ1n) is 9.99. The van der Waals surface area contributed by atoms with Crippen molar-refractivity contribution in [2.45, 2.75) is 13.0 Å². The molecule has 0 unspecified atom stereocenters. The Morgan fingerprint density at radius 2 is 1.76 bits per heavy atom. The Kier molecular flexibility index (Phi) is 6.53. The fourth-order valence-corrected chi connectivity index (χ4v) is 3.57. The highest BCUT2D eigenvalue weighted by atomic mass is 35.5. The smallest absolute Gasteiger partial charge is 0.315 e. The quantitative estimate of drug-likeness (QED) is 0.310. The fourth-order valence-electron chi connectivity index (χ4n) is 3.33. The summed E-state index contributed by atoms with van der Waals surface area (Å²) in [5, 5.41) is 10.4. The highest BCUT2D eigenvalue weighted by Crippen LogP contribution is 2.33. The van der Waals surface area contributed by atoms with Gasteiger partial charge >= 0.3 is 5.97 Å². The van der Waals surface area contributed by atoms with E-state index in [9.17, 15) is 14.7 Å². The number of esters is 1. The Labute approximate surface area is 194 Å². The van der Waals surface area contributed by atoms with Crippen LogP contribution in [0.4, 0.5) is 0 Å². The molecule has 0 fully saturated rings. The van der Waals surface area contributed by atoms with Gasteiger partial charge < -0.3 is 20.3 Å². The van der Waals surface area contributed by atoms with Crippen molar-refractivity contribution in [1.29, 1.82) is 0 Å². The molecular formula is C25H19ClN2O5. The SMILES string of the molecule is NC(=O)c1cc2c(Oc3ccc(CC(=O)Oc4ccccc4)c(Cl)c3)ccnc2cc1CO. The zero-order chi connectivity index (χ0) is 23.4. The summed E-state index contributed by atoms with van der Waals surface area (Å²) in [7, 11) is 0. The van der Waals surface area contributed by atoms with Crippen LogP contribution in [0.5, 0.6) is 17.2 Å². The van der Waals surface area contributed by atoms with Crippen LogP contribution in [0.25, 0.3) is 10.9 Å². The molecule has 0 bridgehead atoms. The molecule has 8 heteroatoms. The molecule has 0 aliphatic rings. The number of aliphatic hydroxyl groups excluding tert-OH is 1. The number of rotatable bonds is 7. The lowest BCUT2D eigenvalue weighted by Crippen LogP contribution is -2.14. The van der Waals surface area contributed by atoms with E-state index in [1.807, 2.05) is 6.07 Å². The van der Waals surface area contributed by atoms with Gasteiger partial charge in [-0.25, -0.2) is 0 Å². The molecular weight excluding hydrogens is 444 g/mol. The third-order valence-corrected chi connectivity index (χ3v) is 5.28. The van der Waals surface area contributed by atoms with E-state index in [-0.39, 0.29) is 18.6 Å². The number of nitrogens with two attached hydrogens (primary N) is 1. The van der Waals surface area contributed by atoms with Gasteiger partial charge in [0.25, 0.3) is 0 Å². The maximum Gasteiger partial charge on any atom is 0.315 e. The highest BCUT2D eigenvalue weighted by Gasteiger charge is 2.15. The van der Waals surface area contributed by atoms with Crippen molar-refractivity contribution in [2.75, 3.05) is 0 Å². The zero-order valence-electron chi connectivity index (χ0n) is 17.3. The minimum atomic E-state index is -0.662. The van der Waals surface area contributed by atoms with E-state index in [4.69, 9.17) is 26.8 Å². The van der Waals surface area contributed by atoms with Crippen molar-refractivity contribution in [3.05, 3.63) is 94.6 Å². The van der Waals surface area contributed by atoms with Crippen LogP contribution in [0.1, 0.15) is 21.5 Å². The van der Waals surface area contributed by atoms with Gasteiger partial charge in [0, 0.05) is 22.2 Å². The van der Waals surface area contributed by atoms with Crippen molar-refractivity contribution in [1.82, 2.24) is 4.98 Å². The lowest BCUT2D eigenvalue weighted by atomic mass is 10.0. The van der Waals surface area contributed by atoms with Crippen LogP contribution in [0.2, 0.25) is 5.02 Å². The van der Waals surface area contributed by atoms with Crippen LogP contribution in [0.3, 0.4) is 0 Å². The van der Waals surface area contributed by atoms with Gasteiger partial charge in [-0.05, 0) is 53.6 Å². The molecule has 0 saturated carbocycles. The van der Waals surface area contributed by atoms with Gasteiger partial charge in [0.2, 0.25) is 5.91 Å². The third-order valence-electron chi connectivity index (χ3n) is 4.92. The first-order chi connectivity index (χ1) is 15.9. The summed E-state index contributed by atoms with van der Waals surface area (Å²) in [6, 6.07) is 18.5. The van der Waals surface area contributed by atoms with Gasteiger partial charge in [0.05, 0.1) is 18.5 Å². The molecule has 1 amide bonds. The predicted molar refractivity (Wildman–Crippen MR) is 123 cm³/mol. The minimum absolute atomic E-state index is 0.00188. The Morgan fingerprint density at radius 1 is 0.970 bits per heavy atom.